The Bertz CT molecular complexity index is 220. The van der Waals surface area contributed by atoms with Crippen molar-refractivity contribution < 1.29 is 13.0 Å². The molecular weight excluding hydrogens is 166 g/mol. The fourth-order valence-electron chi connectivity index (χ4n) is 0.588. The Hall–Kier alpha value is -0.550. The van der Waals surface area contributed by atoms with Gasteiger partial charge in [0.05, 0.1) is 5.75 Å². The third kappa shape index (κ3) is 7.35. The number of hydrogen-bond acceptors (Lipinski definition) is 3. The molecule has 0 heterocycles. The van der Waals surface area contributed by atoms with E-state index in [-0.39, 0.29) is 5.75 Å². The minimum Gasteiger partial charge on any atom is -0.380 e. The van der Waals surface area contributed by atoms with Crippen LogP contribution in [0.25, 0.3) is 0 Å². The smallest absolute Gasteiger partial charge is 0.266 e. The average molecular weight is 179 g/mol. The van der Waals surface area contributed by atoms with Crippen LogP contribution in [-0.2, 0) is 10.1 Å². The Morgan fingerprint density at radius 1 is 1.55 bits per heavy atom. The van der Waals surface area contributed by atoms with E-state index in [9.17, 15) is 8.42 Å². The second kappa shape index (κ2) is 4.35. The molecule has 0 aromatic carbocycles. The summed E-state index contributed by atoms with van der Waals surface area (Å²) in [6, 6.07) is 0. The molecule has 0 atom stereocenters. The van der Waals surface area contributed by atoms with Gasteiger partial charge in [0.15, 0.2) is 0 Å². The first-order valence-electron chi connectivity index (χ1n) is 3.24. The normalized spacial score (nSPS) is 12.3. The van der Waals surface area contributed by atoms with Crippen LogP contribution in [0.4, 0.5) is 0 Å². The van der Waals surface area contributed by atoms with Crippen LogP contribution in [0.5, 0.6) is 0 Å². The zero-order chi connectivity index (χ0) is 8.91. The predicted octanol–water partition coefficient (Wildman–Crippen LogP) is 0.340. The molecule has 0 unspecified atom stereocenters. The average Bonchev–Trinajstić information content (AvgIpc) is 1.83. The molecule has 5 heteroatoms. The van der Waals surface area contributed by atoms with Crippen LogP contribution in [0.15, 0.2) is 12.3 Å². The van der Waals surface area contributed by atoms with Crippen molar-refractivity contribution in [3.8, 4) is 0 Å². The summed E-state index contributed by atoms with van der Waals surface area (Å²) in [6.45, 7) is 2.15. The van der Waals surface area contributed by atoms with E-state index < -0.39 is 10.1 Å². The molecule has 0 radical (unpaired) electrons. The molecule has 0 aliphatic carbocycles. The molecule has 0 aliphatic rings. The van der Waals surface area contributed by atoms with Gasteiger partial charge in [-0.25, -0.2) is 0 Å². The molecule has 0 amide bonds. The monoisotopic (exact) mass is 179 g/mol. The molecule has 0 saturated heterocycles. The summed E-state index contributed by atoms with van der Waals surface area (Å²) < 4.78 is 28.8. The maximum Gasteiger partial charge on any atom is 0.266 e. The zero-order valence-electron chi connectivity index (χ0n) is 6.69. The lowest BCUT2D eigenvalue weighted by Gasteiger charge is -2.11. The maximum atomic E-state index is 10.2. The minimum atomic E-state index is -3.81. The van der Waals surface area contributed by atoms with Crippen molar-refractivity contribution in [2.45, 2.75) is 6.92 Å². The first-order chi connectivity index (χ1) is 4.95. The van der Waals surface area contributed by atoms with E-state index in [1.165, 1.54) is 0 Å². The Kier molecular flexibility index (Phi) is 4.14. The zero-order valence-corrected chi connectivity index (χ0v) is 7.50. The fourth-order valence-corrected chi connectivity index (χ4v) is 1.11. The molecule has 0 bridgehead atoms. The summed E-state index contributed by atoms with van der Waals surface area (Å²) >= 11 is 0. The minimum absolute atomic E-state index is 0.228. The van der Waals surface area contributed by atoms with Gasteiger partial charge in [0.2, 0.25) is 0 Å². The third-order valence-corrected chi connectivity index (χ3v) is 1.80. The van der Waals surface area contributed by atoms with Gasteiger partial charge in [-0.05, 0) is 13.1 Å². The molecule has 0 aromatic rings. The van der Waals surface area contributed by atoms with Crippen LogP contribution in [0.3, 0.4) is 0 Å². The molecule has 0 saturated carbocycles. The highest BCUT2D eigenvalue weighted by atomic mass is 32.2. The fraction of sp³-hybridized carbons (Fsp3) is 0.667. The first kappa shape index (κ1) is 10.4. The molecule has 4 nitrogen and oxygen atoms in total. The van der Waals surface area contributed by atoms with Crippen LogP contribution < -0.4 is 0 Å². The van der Waals surface area contributed by atoms with Crippen molar-refractivity contribution in [2.24, 2.45) is 0 Å². The number of allylic oxidation sites excluding steroid dienone is 1. The quantitative estimate of drug-likeness (QED) is 0.632. The van der Waals surface area contributed by atoms with E-state index in [1.807, 2.05) is 6.92 Å². The lowest BCUT2D eigenvalue weighted by atomic mass is 10.6. The standard InChI is InChI=1S/C6H13NO3S/c1-3-4-7(2)5-6-11(8,9)10/h3-4H,5-6H2,1-2H3,(H,8,9,10). The number of nitrogens with zero attached hydrogens (tertiary/aromatic N) is 1. The van der Waals surface area contributed by atoms with E-state index in [4.69, 9.17) is 4.55 Å². The van der Waals surface area contributed by atoms with Crippen molar-refractivity contribution >= 4 is 10.1 Å². The summed E-state index contributed by atoms with van der Waals surface area (Å²) in [6.07, 6.45) is 3.54. The Balaban J connectivity index is 3.72. The Labute approximate surface area is 67.3 Å². The number of hydrogen-bond donors (Lipinski definition) is 1. The molecule has 0 aromatic heterocycles. The van der Waals surface area contributed by atoms with Gasteiger partial charge in [0, 0.05) is 13.6 Å². The lowest BCUT2D eigenvalue weighted by Crippen LogP contribution is -2.20. The molecular formula is C6H13NO3S. The molecule has 66 valence electrons. The van der Waals surface area contributed by atoms with E-state index in [0.29, 0.717) is 6.54 Å². The summed E-state index contributed by atoms with van der Waals surface area (Å²) in [5.74, 6) is -0.228. The second-order valence-electron chi connectivity index (χ2n) is 2.25. The summed E-state index contributed by atoms with van der Waals surface area (Å²) in [5.41, 5.74) is 0. The largest absolute Gasteiger partial charge is 0.380 e. The summed E-state index contributed by atoms with van der Waals surface area (Å²) in [5, 5.41) is 0. The molecule has 0 aliphatic heterocycles. The van der Waals surface area contributed by atoms with Crippen molar-refractivity contribution in [2.75, 3.05) is 19.3 Å². The van der Waals surface area contributed by atoms with Gasteiger partial charge >= 0.3 is 0 Å². The van der Waals surface area contributed by atoms with Crippen LogP contribution in [0.1, 0.15) is 6.92 Å². The molecule has 0 spiro atoms. The second-order valence-corrected chi connectivity index (χ2v) is 3.82. The van der Waals surface area contributed by atoms with E-state index in [0.717, 1.165) is 0 Å². The highest BCUT2D eigenvalue weighted by molar-refractivity contribution is 7.85. The number of rotatable bonds is 4. The summed E-state index contributed by atoms with van der Waals surface area (Å²) in [4.78, 5) is 1.69. The lowest BCUT2D eigenvalue weighted by molar-refractivity contribution is 0.448. The van der Waals surface area contributed by atoms with Crippen molar-refractivity contribution in [3.63, 3.8) is 0 Å². The first-order valence-corrected chi connectivity index (χ1v) is 4.85. The van der Waals surface area contributed by atoms with Gasteiger partial charge in [-0.15, -0.1) is 0 Å². The third-order valence-electron chi connectivity index (χ3n) is 1.11. The Morgan fingerprint density at radius 2 is 2.09 bits per heavy atom. The van der Waals surface area contributed by atoms with Gasteiger partial charge in [-0.3, -0.25) is 4.55 Å². The van der Waals surface area contributed by atoms with E-state index in [1.54, 1.807) is 24.2 Å². The SMILES string of the molecule is CC=CN(C)CCS(=O)(=O)O. The molecule has 1 N–H and O–H groups in total. The molecule has 0 rings (SSSR count). The van der Waals surface area contributed by atoms with Gasteiger partial charge < -0.3 is 4.90 Å². The highest BCUT2D eigenvalue weighted by Crippen LogP contribution is 1.87. The van der Waals surface area contributed by atoms with Crippen molar-refractivity contribution in [3.05, 3.63) is 12.3 Å². The van der Waals surface area contributed by atoms with Crippen LogP contribution in [-0.4, -0.2) is 37.2 Å². The van der Waals surface area contributed by atoms with Gasteiger partial charge in [-0.1, -0.05) is 6.08 Å². The highest BCUT2D eigenvalue weighted by Gasteiger charge is 2.03. The predicted molar refractivity (Wildman–Crippen MR) is 43.9 cm³/mol. The summed E-state index contributed by atoms with van der Waals surface area (Å²) in [7, 11) is -2.07. The molecule has 11 heavy (non-hydrogen) atoms. The van der Waals surface area contributed by atoms with Crippen LogP contribution in [0.2, 0.25) is 0 Å². The molecule has 0 fully saturated rings. The topological polar surface area (TPSA) is 57.6 Å². The van der Waals surface area contributed by atoms with Gasteiger partial charge in [0.25, 0.3) is 10.1 Å². The Morgan fingerprint density at radius 3 is 2.45 bits per heavy atom. The van der Waals surface area contributed by atoms with E-state index >= 15 is 0 Å². The van der Waals surface area contributed by atoms with Gasteiger partial charge in [-0.2, -0.15) is 8.42 Å². The van der Waals surface area contributed by atoms with E-state index in [2.05, 4.69) is 0 Å². The van der Waals surface area contributed by atoms with Crippen LogP contribution in [0, 0.1) is 0 Å². The maximum absolute atomic E-state index is 10.2. The van der Waals surface area contributed by atoms with Crippen molar-refractivity contribution in [1.82, 2.24) is 4.90 Å². The van der Waals surface area contributed by atoms with Crippen LogP contribution >= 0.6 is 0 Å². The van der Waals surface area contributed by atoms with Crippen molar-refractivity contribution in [1.29, 1.82) is 0 Å². The van der Waals surface area contributed by atoms with Gasteiger partial charge in [0.1, 0.15) is 0 Å².